The van der Waals surface area contributed by atoms with Gasteiger partial charge in [-0.15, -0.1) is 29.8 Å². The maximum absolute atomic E-state index is 5.65. The Morgan fingerprint density at radius 3 is 1.08 bits per heavy atom. The predicted molar refractivity (Wildman–Crippen MR) is 148 cm³/mol. The third-order valence-corrected chi connectivity index (χ3v) is 4.95. The van der Waals surface area contributed by atoms with Gasteiger partial charge in [-0.05, 0) is 60.3 Å². The Kier molecular flexibility index (Phi) is 11.4. The normalized spacial score (nSPS) is 9.47. The zero-order valence-corrected chi connectivity index (χ0v) is 23.0. The zero-order chi connectivity index (χ0) is 25.5. The second-order valence-corrected chi connectivity index (χ2v) is 7.61. The molecule has 0 spiro atoms. The van der Waals surface area contributed by atoms with Crippen molar-refractivity contribution in [2.45, 2.75) is 0 Å². The number of pyridine rings is 5. The molecule has 0 atom stereocenters. The maximum atomic E-state index is 5.65. The summed E-state index contributed by atoms with van der Waals surface area (Å²) in [5.41, 5.74) is 11.9. The molecule has 0 fully saturated rings. The summed E-state index contributed by atoms with van der Waals surface area (Å²) in [6.07, 6.45) is 8.83. The van der Waals surface area contributed by atoms with Crippen LogP contribution in [0.1, 0.15) is 0 Å². The van der Waals surface area contributed by atoms with E-state index in [0.29, 0.717) is 0 Å². The van der Waals surface area contributed by atoms with Gasteiger partial charge < -0.3 is 10.7 Å². The molecule has 0 bridgehead atoms. The summed E-state index contributed by atoms with van der Waals surface area (Å²) < 4.78 is 0. The molecule has 5 heterocycles. The van der Waals surface area contributed by atoms with E-state index in [1.54, 1.807) is 37.1 Å². The molecule has 2 N–H and O–H groups in total. The van der Waals surface area contributed by atoms with E-state index in [0.717, 1.165) is 39.7 Å². The molecule has 1 aromatic carbocycles. The van der Waals surface area contributed by atoms with Crippen LogP contribution in [0.15, 0.2) is 140 Å². The number of hydrogen-bond donors (Lipinski definition) is 1. The van der Waals surface area contributed by atoms with E-state index in [-0.39, 0.29) is 19.8 Å². The van der Waals surface area contributed by atoms with Gasteiger partial charge in [-0.1, -0.05) is 42.1 Å². The van der Waals surface area contributed by atoms with Gasteiger partial charge in [-0.3, -0.25) is 19.9 Å². The second-order valence-electron chi connectivity index (χ2n) is 7.61. The van der Waals surface area contributed by atoms with Crippen molar-refractivity contribution in [3.05, 3.63) is 146 Å². The van der Waals surface area contributed by atoms with Crippen molar-refractivity contribution >= 4 is 5.69 Å². The fourth-order valence-corrected chi connectivity index (χ4v) is 3.21. The first-order valence-corrected chi connectivity index (χ1v) is 11.6. The Balaban J connectivity index is 0.000000156. The molecule has 5 aromatic heterocycles. The quantitative estimate of drug-likeness (QED) is 0.173. The molecule has 6 rings (SSSR count). The van der Waals surface area contributed by atoms with Crippen molar-refractivity contribution in [3.8, 4) is 34.0 Å². The molecule has 6 nitrogen and oxygen atoms in total. The molecule has 0 amide bonds. The summed E-state index contributed by atoms with van der Waals surface area (Å²) >= 11 is 0. The van der Waals surface area contributed by atoms with Crippen LogP contribution in [0.25, 0.3) is 34.0 Å². The Hall–Kier alpha value is -4.59. The minimum atomic E-state index is 0. The van der Waals surface area contributed by atoms with E-state index >= 15 is 0 Å². The standard InChI is InChI=1S/C11H9N2.2C10H8N2.Os/c12-10-5-3-4-9(8-10)11-6-1-2-7-13-11;2*1-3-7-11-9(5-1)10-6-2-4-8-12-10;/h1-3,5-8H,12H2;2*1-8H;/q-1;;;+1. The molecule has 38 heavy (non-hydrogen) atoms. The van der Waals surface area contributed by atoms with E-state index in [4.69, 9.17) is 5.73 Å². The van der Waals surface area contributed by atoms with Crippen LogP contribution in [-0.2, 0) is 19.8 Å². The largest absolute Gasteiger partial charge is 1.00 e. The number of anilines is 1. The van der Waals surface area contributed by atoms with Crippen molar-refractivity contribution in [1.82, 2.24) is 24.9 Å². The van der Waals surface area contributed by atoms with Crippen molar-refractivity contribution in [3.63, 3.8) is 0 Å². The summed E-state index contributed by atoms with van der Waals surface area (Å²) in [6.45, 7) is 0. The first-order valence-electron chi connectivity index (χ1n) is 11.6. The molecule has 7 heteroatoms. The van der Waals surface area contributed by atoms with Gasteiger partial charge in [0, 0.05) is 31.0 Å². The van der Waals surface area contributed by atoms with Gasteiger partial charge in [-0.25, -0.2) is 0 Å². The fourth-order valence-electron chi connectivity index (χ4n) is 3.21. The monoisotopic (exact) mass is 673 g/mol. The number of nitrogen functional groups attached to an aromatic ring is 1. The Morgan fingerprint density at radius 2 is 0.789 bits per heavy atom. The van der Waals surface area contributed by atoms with E-state index < -0.39 is 0 Å². The van der Waals surface area contributed by atoms with Gasteiger partial charge >= 0.3 is 19.8 Å². The SMILES string of the molecule is Nc1cc[c-]c(-c2ccccn2)c1.[Os+].c1ccc(-c2ccccn2)nc1.c1ccc(-c2ccccn2)nc1. The van der Waals surface area contributed by atoms with Crippen molar-refractivity contribution in [2.75, 3.05) is 5.73 Å². The van der Waals surface area contributed by atoms with E-state index in [2.05, 4.69) is 31.0 Å². The smallest absolute Gasteiger partial charge is 0.414 e. The van der Waals surface area contributed by atoms with Crippen LogP contribution in [-0.4, -0.2) is 24.9 Å². The third kappa shape index (κ3) is 8.81. The summed E-state index contributed by atoms with van der Waals surface area (Å²) in [6, 6.07) is 37.5. The fraction of sp³-hybridized carbons (Fsp3) is 0. The van der Waals surface area contributed by atoms with Crippen LogP contribution in [0.3, 0.4) is 0 Å². The van der Waals surface area contributed by atoms with E-state index in [1.807, 2.05) is 103 Å². The number of nitrogens with zero attached hydrogens (tertiary/aromatic N) is 5. The van der Waals surface area contributed by atoms with Gasteiger partial charge in [0.25, 0.3) is 0 Å². The summed E-state index contributed by atoms with van der Waals surface area (Å²) in [5.74, 6) is 0. The molecular weight excluding hydrogens is 647 g/mol. The van der Waals surface area contributed by atoms with Crippen LogP contribution in [0.5, 0.6) is 0 Å². The zero-order valence-electron chi connectivity index (χ0n) is 20.4. The second kappa shape index (κ2) is 15.5. The van der Waals surface area contributed by atoms with E-state index in [9.17, 15) is 0 Å². The van der Waals surface area contributed by atoms with Gasteiger partial charge in [-0.2, -0.15) is 0 Å². The molecule has 0 saturated carbocycles. The molecule has 1 radical (unpaired) electrons. The number of benzene rings is 1. The third-order valence-electron chi connectivity index (χ3n) is 4.95. The number of hydrogen-bond acceptors (Lipinski definition) is 6. The Labute approximate surface area is 235 Å². The summed E-state index contributed by atoms with van der Waals surface area (Å²) in [7, 11) is 0. The minimum absolute atomic E-state index is 0. The molecule has 0 aliphatic carbocycles. The first-order chi connectivity index (χ1) is 18.3. The molecule has 0 aliphatic rings. The molecule has 0 aliphatic heterocycles. The minimum Gasteiger partial charge on any atom is -0.414 e. The predicted octanol–water partition coefficient (Wildman–Crippen LogP) is 6.42. The average molecular weight is 672 g/mol. The van der Waals surface area contributed by atoms with Crippen molar-refractivity contribution in [1.29, 1.82) is 0 Å². The van der Waals surface area contributed by atoms with Crippen LogP contribution < -0.4 is 5.73 Å². The van der Waals surface area contributed by atoms with Crippen molar-refractivity contribution in [2.24, 2.45) is 0 Å². The Morgan fingerprint density at radius 1 is 0.447 bits per heavy atom. The molecule has 187 valence electrons. The Bertz CT molecular complexity index is 1300. The molecular formula is C31H25N6Os. The van der Waals surface area contributed by atoms with Gasteiger partial charge in [0.05, 0.1) is 22.8 Å². The molecule has 0 unspecified atom stereocenters. The maximum Gasteiger partial charge on any atom is 1.00 e. The van der Waals surface area contributed by atoms with Crippen LogP contribution in [0.4, 0.5) is 5.69 Å². The molecule has 0 saturated heterocycles. The number of aromatic nitrogens is 5. The first kappa shape index (κ1) is 28.0. The summed E-state index contributed by atoms with van der Waals surface area (Å²) in [5, 5.41) is 0. The van der Waals surface area contributed by atoms with Crippen LogP contribution in [0, 0.1) is 6.07 Å². The van der Waals surface area contributed by atoms with Gasteiger partial charge in [0.2, 0.25) is 0 Å². The van der Waals surface area contributed by atoms with E-state index in [1.165, 1.54) is 0 Å². The summed E-state index contributed by atoms with van der Waals surface area (Å²) in [4.78, 5) is 20.9. The van der Waals surface area contributed by atoms with Crippen molar-refractivity contribution < 1.29 is 19.8 Å². The van der Waals surface area contributed by atoms with Crippen LogP contribution >= 0.6 is 0 Å². The number of rotatable bonds is 3. The van der Waals surface area contributed by atoms with Gasteiger partial charge in [0.1, 0.15) is 0 Å². The van der Waals surface area contributed by atoms with Gasteiger partial charge in [0.15, 0.2) is 0 Å². The number of nitrogens with two attached hydrogens (primary N) is 1. The molecule has 6 aromatic rings. The average Bonchev–Trinajstić information content (AvgIpc) is 3.00. The topological polar surface area (TPSA) is 90.5 Å². The van der Waals surface area contributed by atoms with Crippen LogP contribution in [0.2, 0.25) is 0 Å².